The minimum absolute atomic E-state index is 0.256. The Morgan fingerprint density at radius 1 is 1.29 bits per heavy atom. The van der Waals surface area contributed by atoms with E-state index in [0.717, 1.165) is 12.8 Å². The molecule has 0 atom stereocenters. The first-order valence-electron chi connectivity index (χ1n) is 8.07. The number of ether oxygens (including phenoxy) is 2. The second-order valence-corrected chi connectivity index (χ2v) is 6.17. The van der Waals surface area contributed by atoms with Crippen LogP contribution in [-0.2, 0) is 23.9 Å². The first-order chi connectivity index (χ1) is 11.4. The molecule has 1 saturated carbocycles. The predicted molar refractivity (Wildman–Crippen MR) is 81.3 cm³/mol. The Morgan fingerprint density at radius 3 is 2.58 bits per heavy atom. The van der Waals surface area contributed by atoms with Gasteiger partial charge in [0, 0.05) is 6.61 Å². The van der Waals surface area contributed by atoms with Gasteiger partial charge in [-0.3, -0.25) is 15.0 Å². The van der Waals surface area contributed by atoms with Gasteiger partial charge in [0.25, 0.3) is 11.8 Å². The summed E-state index contributed by atoms with van der Waals surface area (Å²) in [5, 5.41) is 3.36. The van der Waals surface area contributed by atoms with Crippen LogP contribution >= 0.6 is 0 Å². The minimum Gasteiger partial charge on any atom is -0.454 e. The van der Waals surface area contributed by atoms with Gasteiger partial charge in [0.2, 0.25) is 0 Å². The van der Waals surface area contributed by atoms with Crippen LogP contribution in [0.25, 0.3) is 0 Å². The largest absolute Gasteiger partial charge is 0.454 e. The molecule has 9 heteroatoms. The average molecular weight is 341 g/mol. The van der Waals surface area contributed by atoms with Crippen LogP contribution in [0.5, 0.6) is 0 Å². The highest BCUT2D eigenvalue weighted by atomic mass is 16.6. The van der Waals surface area contributed by atoms with E-state index >= 15 is 0 Å². The fourth-order valence-electron chi connectivity index (χ4n) is 2.85. The van der Waals surface area contributed by atoms with Gasteiger partial charge in [-0.15, -0.1) is 0 Å². The monoisotopic (exact) mass is 341 g/mol. The number of nitrogens with zero attached hydrogens (tertiary/aromatic N) is 1. The maximum absolute atomic E-state index is 12.5. The lowest BCUT2D eigenvalue weighted by molar-refractivity contribution is -0.154. The Balaban J connectivity index is 1.86. The van der Waals surface area contributed by atoms with E-state index in [1.165, 1.54) is 0 Å². The van der Waals surface area contributed by atoms with Gasteiger partial charge in [-0.2, -0.15) is 5.01 Å². The van der Waals surface area contributed by atoms with E-state index < -0.39 is 36.0 Å². The summed E-state index contributed by atoms with van der Waals surface area (Å²) in [4.78, 5) is 47.6. The molecule has 1 aliphatic carbocycles. The highest BCUT2D eigenvalue weighted by molar-refractivity contribution is 6.08. The summed E-state index contributed by atoms with van der Waals surface area (Å²) < 4.78 is 9.54. The van der Waals surface area contributed by atoms with Crippen molar-refractivity contribution >= 4 is 23.8 Å². The summed E-state index contributed by atoms with van der Waals surface area (Å²) in [5.41, 5.74) is 1.26. The fraction of sp³-hybridized carbons (Fsp3) is 0.733. The third-order valence-corrected chi connectivity index (χ3v) is 4.31. The Kier molecular flexibility index (Phi) is 5.76. The van der Waals surface area contributed by atoms with Crippen molar-refractivity contribution in [3.05, 3.63) is 0 Å². The van der Waals surface area contributed by atoms with Crippen LogP contribution in [0, 0.1) is 5.92 Å². The lowest BCUT2D eigenvalue weighted by Gasteiger charge is -2.33. The number of hydrogen-bond donors (Lipinski definition) is 2. The van der Waals surface area contributed by atoms with E-state index in [-0.39, 0.29) is 6.61 Å². The molecule has 9 nitrogen and oxygen atoms in total. The molecule has 0 aromatic heterocycles. The topological polar surface area (TPSA) is 114 Å². The molecule has 24 heavy (non-hydrogen) atoms. The Morgan fingerprint density at radius 2 is 1.96 bits per heavy atom. The molecule has 1 heterocycles. The molecule has 4 amide bonds. The standard InChI is InChI=1S/C15H23N3O6/c1-3-23-9-12(20)24-8-11(19)17-18-13(21)15(16-14(18)22)6-4-10(2)5-7-15/h10H,3-9H2,1-2H3,(H,16,22)(H,17,19). The van der Waals surface area contributed by atoms with E-state index in [4.69, 9.17) is 9.47 Å². The van der Waals surface area contributed by atoms with Crippen molar-refractivity contribution in [2.24, 2.45) is 5.92 Å². The molecule has 0 aromatic rings. The van der Waals surface area contributed by atoms with Crippen molar-refractivity contribution in [1.29, 1.82) is 0 Å². The third kappa shape index (κ3) is 4.02. The van der Waals surface area contributed by atoms with Crippen molar-refractivity contribution in [3.8, 4) is 0 Å². The number of hydrogen-bond acceptors (Lipinski definition) is 6. The molecule has 0 unspecified atom stereocenters. The number of hydrazine groups is 1. The zero-order valence-electron chi connectivity index (χ0n) is 13.9. The second kappa shape index (κ2) is 7.61. The summed E-state index contributed by atoms with van der Waals surface area (Å²) in [6.45, 7) is 3.33. The van der Waals surface area contributed by atoms with Gasteiger partial charge in [0.1, 0.15) is 12.1 Å². The zero-order chi connectivity index (χ0) is 17.7. The third-order valence-electron chi connectivity index (χ3n) is 4.31. The summed E-state index contributed by atoms with van der Waals surface area (Å²) in [7, 11) is 0. The molecule has 2 fully saturated rings. The predicted octanol–water partition coefficient (Wildman–Crippen LogP) is 0.0980. The van der Waals surface area contributed by atoms with Gasteiger partial charge in [-0.25, -0.2) is 9.59 Å². The number of nitrogens with one attached hydrogen (secondary N) is 2. The van der Waals surface area contributed by atoms with E-state index in [1.807, 2.05) is 0 Å². The molecule has 2 rings (SSSR count). The van der Waals surface area contributed by atoms with E-state index in [1.54, 1.807) is 6.92 Å². The van der Waals surface area contributed by atoms with Gasteiger partial charge < -0.3 is 14.8 Å². The van der Waals surface area contributed by atoms with Crippen LogP contribution in [0.4, 0.5) is 4.79 Å². The van der Waals surface area contributed by atoms with Crippen LogP contribution in [0.2, 0.25) is 0 Å². The van der Waals surface area contributed by atoms with Gasteiger partial charge in [0.15, 0.2) is 6.61 Å². The molecule has 134 valence electrons. The number of amides is 4. The maximum Gasteiger partial charge on any atom is 0.344 e. The Bertz CT molecular complexity index is 527. The Hall–Kier alpha value is -2.16. The first-order valence-corrected chi connectivity index (χ1v) is 8.07. The summed E-state index contributed by atoms with van der Waals surface area (Å²) in [6, 6.07) is -0.663. The molecule has 2 aliphatic rings. The van der Waals surface area contributed by atoms with Crippen molar-refractivity contribution < 1.29 is 28.7 Å². The van der Waals surface area contributed by atoms with Gasteiger partial charge in [0.05, 0.1) is 0 Å². The number of carbonyl (C=O) groups is 4. The molecule has 0 radical (unpaired) electrons. The normalized spacial score (nSPS) is 26.4. The fourth-order valence-corrected chi connectivity index (χ4v) is 2.85. The molecule has 2 N–H and O–H groups in total. The smallest absolute Gasteiger partial charge is 0.344 e. The van der Waals surface area contributed by atoms with E-state index in [9.17, 15) is 19.2 Å². The van der Waals surface area contributed by atoms with Crippen molar-refractivity contribution in [2.45, 2.75) is 45.1 Å². The van der Waals surface area contributed by atoms with Crippen LogP contribution in [0.3, 0.4) is 0 Å². The van der Waals surface area contributed by atoms with Crippen LogP contribution in [0.1, 0.15) is 39.5 Å². The van der Waals surface area contributed by atoms with Gasteiger partial charge in [-0.1, -0.05) is 6.92 Å². The minimum atomic E-state index is -0.928. The first kappa shape index (κ1) is 18.2. The molecule has 1 spiro atoms. The van der Waals surface area contributed by atoms with Crippen LogP contribution < -0.4 is 10.7 Å². The lowest BCUT2D eigenvalue weighted by Crippen LogP contribution is -2.52. The number of rotatable bonds is 6. The van der Waals surface area contributed by atoms with E-state index in [2.05, 4.69) is 17.7 Å². The molecular weight excluding hydrogens is 318 g/mol. The highest BCUT2D eigenvalue weighted by Crippen LogP contribution is 2.35. The zero-order valence-corrected chi connectivity index (χ0v) is 13.9. The number of imide groups is 1. The molecule has 0 aromatic carbocycles. The van der Waals surface area contributed by atoms with Crippen molar-refractivity contribution in [1.82, 2.24) is 15.8 Å². The number of urea groups is 1. The number of esters is 1. The summed E-state index contributed by atoms with van der Waals surface area (Å²) >= 11 is 0. The SMILES string of the molecule is CCOCC(=O)OCC(=O)NN1C(=O)NC2(CCC(C)CC2)C1=O. The summed E-state index contributed by atoms with van der Waals surface area (Å²) in [6.07, 6.45) is 2.77. The average Bonchev–Trinajstić information content (AvgIpc) is 2.78. The molecule has 1 saturated heterocycles. The molecule has 1 aliphatic heterocycles. The Labute approximate surface area is 140 Å². The van der Waals surface area contributed by atoms with Crippen LogP contribution in [-0.4, -0.2) is 54.2 Å². The van der Waals surface area contributed by atoms with E-state index in [0.29, 0.717) is 30.4 Å². The van der Waals surface area contributed by atoms with Gasteiger partial charge in [-0.05, 0) is 38.5 Å². The lowest BCUT2D eigenvalue weighted by atomic mass is 9.77. The number of carbonyl (C=O) groups excluding carboxylic acids is 4. The summed E-state index contributed by atoms with van der Waals surface area (Å²) in [5.74, 6) is -1.41. The van der Waals surface area contributed by atoms with Crippen molar-refractivity contribution in [2.75, 3.05) is 19.8 Å². The quantitative estimate of drug-likeness (QED) is 0.523. The molecule has 0 bridgehead atoms. The second-order valence-electron chi connectivity index (χ2n) is 6.17. The van der Waals surface area contributed by atoms with Crippen LogP contribution in [0.15, 0.2) is 0 Å². The highest BCUT2D eigenvalue weighted by Gasteiger charge is 2.52. The van der Waals surface area contributed by atoms with Gasteiger partial charge >= 0.3 is 12.0 Å². The maximum atomic E-state index is 12.5. The molecular formula is C15H23N3O6. The van der Waals surface area contributed by atoms with Crippen molar-refractivity contribution in [3.63, 3.8) is 0 Å².